The summed E-state index contributed by atoms with van der Waals surface area (Å²) in [6.45, 7) is 1.90. The molecule has 0 spiro atoms. The molecule has 2 aromatic rings. The Labute approximate surface area is 167 Å². The van der Waals surface area contributed by atoms with Crippen molar-refractivity contribution in [3.05, 3.63) is 61.1 Å². The Kier molecular flexibility index (Phi) is 6.85. The molecular formula is C17H15ClF3N3O5. The zero-order valence-electron chi connectivity index (χ0n) is 15.0. The minimum atomic E-state index is -5.14. The highest BCUT2D eigenvalue weighted by Gasteiger charge is 2.44. The largest absolute Gasteiger partial charge is 0.449 e. The van der Waals surface area contributed by atoms with Crippen molar-refractivity contribution in [1.29, 1.82) is 0 Å². The quantitative estimate of drug-likeness (QED) is 0.302. The molecule has 0 saturated heterocycles. The van der Waals surface area contributed by atoms with Crippen LogP contribution in [-0.2, 0) is 6.18 Å². The molecule has 156 valence electrons. The topological polar surface area (TPSA) is 108 Å². The van der Waals surface area contributed by atoms with E-state index < -0.39 is 44.4 Å². The molecule has 0 aliphatic carbocycles. The fourth-order valence-electron chi connectivity index (χ4n) is 2.45. The summed E-state index contributed by atoms with van der Waals surface area (Å²) in [7, 11) is 0. The first-order valence-electron chi connectivity index (χ1n) is 8.30. The fraction of sp³-hybridized carbons (Fsp3) is 0.294. The van der Waals surface area contributed by atoms with Gasteiger partial charge in [-0.25, -0.2) is 0 Å². The van der Waals surface area contributed by atoms with E-state index in [1.165, 1.54) is 24.3 Å². The van der Waals surface area contributed by atoms with Gasteiger partial charge in [-0.05, 0) is 30.7 Å². The smallest absolute Gasteiger partial charge is 0.420 e. The Balaban J connectivity index is 2.78. The number of anilines is 1. The third-order valence-corrected chi connectivity index (χ3v) is 4.04. The average Bonchev–Trinajstić information content (AvgIpc) is 2.62. The van der Waals surface area contributed by atoms with Crippen molar-refractivity contribution in [2.24, 2.45) is 0 Å². The molecule has 0 radical (unpaired) electrons. The van der Waals surface area contributed by atoms with Crippen molar-refractivity contribution >= 4 is 28.7 Å². The lowest BCUT2D eigenvalue weighted by Crippen LogP contribution is -2.13. The van der Waals surface area contributed by atoms with Gasteiger partial charge in [0.15, 0.2) is 5.69 Å². The zero-order valence-corrected chi connectivity index (χ0v) is 15.7. The monoisotopic (exact) mass is 433 g/mol. The predicted molar refractivity (Wildman–Crippen MR) is 99.7 cm³/mol. The Morgan fingerprint density at radius 3 is 2.24 bits per heavy atom. The molecule has 1 N–H and O–H groups in total. The standard InChI is InChI=1S/C17H15ClF3N3O5/c1-2-3-8-22-14-13(23(25)26)9-12(17(19,20)21)16(15(14)24(27)28)29-11-6-4-10(18)5-7-11/h4-7,9,22H,2-3,8H2,1H3. The molecule has 0 atom stereocenters. The number of alkyl halides is 3. The fourth-order valence-corrected chi connectivity index (χ4v) is 2.58. The Bertz CT molecular complexity index is 920. The summed E-state index contributed by atoms with van der Waals surface area (Å²) in [5, 5.41) is 25.8. The third kappa shape index (κ3) is 5.25. The van der Waals surface area contributed by atoms with Crippen LogP contribution in [0.5, 0.6) is 11.5 Å². The summed E-state index contributed by atoms with van der Waals surface area (Å²) in [4.78, 5) is 20.7. The first-order chi connectivity index (χ1) is 13.6. The van der Waals surface area contributed by atoms with E-state index in [9.17, 15) is 33.4 Å². The number of hydrogen-bond donors (Lipinski definition) is 1. The summed E-state index contributed by atoms with van der Waals surface area (Å²) in [6.07, 6.45) is -3.99. The van der Waals surface area contributed by atoms with Gasteiger partial charge < -0.3 is 10.1 Å². The molecule has 2 rings (SSSR count). The number of nitrogens with one attached hydrogen (secondary N) is 1. The van der Waals surface area contributed by atoms with Crippen molar-refractivity contribution in [2.45, 2.75) is 25.9 Å². The number of nitrogens with zero attached hydrogens (tertiary/aromatic N) is 2. The normalized spacial score (nSPS) is 11.2. The molecule has 8 nitrogen and oxygen atoms in total. The van der Waals surface area contributed by atoms with E-state index in [1.54, 1.807) is 0 Å². The Hall–Kier alpha value is -3.08. The summed E-state index contributed by atoms with van der Waals surface area (Å²) in [5.41, 5.74) is -4.52. The van der Waals surface area contributed by atoms with Crippen LogP contribution in [0, 0.1) is 20.2 Å². The molecule has 29 heavy (non-hydrogen) atoms. The molecule has 0 amide bonds. The van der Waals surface area contributed by atoms with E-state index in [-0.39, 0.29) is 23.4 Å². The number of unbranched alkanes of at least 4 members (excludes halogenated alkanes) is 1. The van der Waals surface area contributed by atoms with Crippen molar-refractivity contribution < 1.29 is 27.8 Å². The number of nitro groups is 2. The van der Waals surface area contributed by atoms with Crippen LogP contribution in [0.15, 0.2) is 30.3 Å². The van der Waals surface area contributed by atoms with Gasteiger partial charge in [0.05, 0.1) is 9.85 Å². The van der Waals surface area contributed by atoms with Crippen molar-refractivity contribution in [1.82, 2.24) is 0 Å². The number of benzene rings is 2. The van der Waals surface area contributed by atoms with Crippen molar-refractivity contribution in [2.75, 3.05) is 11.9 Å². The zero-order chi connectivity index (χ0) is 21.8. The molecule has 0 aliphatic rings. The van der Waals surface area contributed by atoms with Gasteiger partial charge in [0.2, 0.25) is 5.75 Å². The van der Waals surface area contributed by atoms with Crippen LogP contribution in [0.3, 0.4) is 0 Å². The summed E-state index contributed by atoms with van der Waals surface area (Å²) >= 11 is 5.72. The molecule has 0 unspecified atom stereocenters. The molecule has 0 saturated carbocycles. The first-order valence-corrected chi connectivity index (χ1v) is 8.68. The van der Waals surface area contributed by atoms with E-state index in [2.05, 4.69) is 5.32 Å². The summed E-state index contributed by atoms with van der Waals surface area (Å²) < 4.78 is 45.9. The summed E-state index contributed by atoms with van der Waals surface area (Å²) in [5.74, 6) is -1.30. The molecule has 0 heterocycles. The minimum Gasteiger partial charge on any atom is -0.449 e. The number of ether oxygens (including phenoxy) is 1. The second kappa shape index (κ2) is 8.95. The number of hydrogen-bond acceptors (Lipinski definition) is 6. The van der Waals surface area contributed by atoms with Gasteiger partial charge in [-0.2, -0.15) is 13.2 Å². The minimum absolute atomic E-state index is 0.0872. The maximum atomic E-state index is 13.6. The SMILES string of the molecule is CCCCNc1c([N+](=O)[O-])cc(C(F)(F)F)c(Oc2ccc(Cl)cc2)c1[N+](=O)[O-]. The predicted octanol–water partition coefficient (Wildman–Crippen LogP) is 6.18. The number of nitro benzene ring substituents is 2. The highest BCUT2D eigenvalue weighted by Crippen LogP contribution is 2.50. The van der Waals surface area contributed by atoms with Crippen LogP contribution in [0.25, 0.3) is 0 Å². The molecule has 0 bridgehead atoms. The van der Waals surface area contributed by atoms with Gasteiger partial charge in [-0.15, -0.1) is 0 Å². The van der Waals surface area contributed by atoms with Gasteiger partial charge in [-0.1, -0.05) is 24.9 Å². The molecule has 2 aromatic carbocycles. The lowest BCUT2D eigenvalue weighted by atomic mass is 10.1. The molecule has 0 aliphatic heterocycles. The van der Waals surface area contributed by atoms with Gasteiger partial charge in [0.1, 0.15) is 11.3 Å². The summed E-state index contributed by atoms with van der Waals surface area (Å²) in [6, 6.07) is 5.31. The van der Waals surface area contributed by atoms with E-state index in [1.807, 2.05) is 6.92 Å². The van der Waals surface area contributed by atoms with Crippen LogP contribution >= 0.6 is 11.6 Å². The van der Waals surface area contributed by atoms with Crippen molar-refractivity contribution in [3.8, 4) is 11.5 Å². The lowest BCUT2D eigenvalue weighted by Gasteiger charge is -2.17. The van der Waals surface area contributed by atoms with Gasteiger partial charge >= 0.3 is 11.9 Å². The van der Waals surface area contributed by atoms with Crippen LogP contribution in [0.1, 0.15) is 25.3 Å². The number of rotatable bonds is 8. The Morgan fingerprint density at radius 2 is 1.76 bits per heavy atom. The van der Waals surface area contributed by atoms with Crippen LogP contribution < -0.4 is 10.1 Å². The van der Waals surface area contributed by atoms with Crippen LogP contribution in [0.2, 0.25) is 5.02 Å². The lowest BCUT2D eigenvalue weighted by molar-refractivity contribution is -0.393. The van der Waals surface area contributed by atoms with Gasteiger partial charge in [-0.3, -0.25) is 20.2 Å². The molecule has 12 heteroatoms. The van der Waals surface area contributed by atoms with Gasteiger partial charge in [0, 0.05) is 17.6 Å². The van der Waals surface area contributed by atoms with E-state index in [0.717, 1.165) is 0 Å². The van der Waals surface area contributed by atoms with Gasteiger partial charge in [0.25, 0.3) is 5.69 Å². The number of halogens is 4. The first kappa shape index (κ1) is 22.2. The Morgan fingerprint density at radius 1 is 1.14 bits per heavy atom. The molecule has 0 aromatic heterocycles. The van der Waals surface area contributed by atoms with Crippen LogP contribution in [0.4, 0.5) is 30.2 Å². The second-order valence-electron chi connectivity index (χ2n) is 5.84. The highest BCUT2D eigenvalue weighted by atomic mass is 35.5. The average molecular weight is 434 g/mol. The third-order valence-electron chi connectivity index (χ3n) is 3.78. The molecular weight excluding hydrogens is 419 g/mol. The molecule has 0 fully saturated rings. The van der Waals surface area contributed by atoms with Crippen molar-refractivity contribution in [3.63, 3.8) is 0 Å². The van der Waals surface area contributed by atoms with E-state index >= 15 is 0 Å². The van der Waals surface area contributed by atoms with E-state index in [0.29, 0.717) is 12.8 Å². The highest BCUT2D eigenvalue weighted by molar-refractivity contribution is 6.30. The van der Waals surface area contributed by atoms with Crippen LogP contribution in [-0.4, -0.2) is 16.4 Å². The van der Waals surface area contributed by atoms with E-state index in [4.69, 9.17) is 16.3 Å². The second-order valence-corrected chi connectivity index (χ2v) is 6.28. The maximum Gasteiger partial charge on any atom is 0.420 e. The maximum absolute atomic E-state index is 13.6.